The Morgan fingerprint density at radius 2 is 1.91 bits per heavy atom. The minimum absolute atomic E-state index is 0.252. The first-order valence-electron chi connectivity index (χ1n) is 11.6. The van der Waals surface area contributed by atoms with Crippen LogP contribution in [0.15, 0.2) is 40.7 Å². The molecule has 0 saturated heterocycles. The van der Waals surface area contributed by atoms with Crippen molar-refractivity contribution < 1.29 is 33.3 Å². The first-order chi connectivity index (χ1) is 16.8. The molecule has 1 aromatic carbocycles. The number of methoxy groups -OCH3 is 3. The number of hydrogen-bond acceptors (Lipinski definition) is 9. The van der Waals surface area contributed by atoms with E-state index in [1.165, 1.54) is 14.2 Å². The molecule has 35 heavy (non-hydrogen) atoms. The molecule has 3 atom stereocenters. The number of dihydropyridines is 1. The van der Waals surface area contributed by atoms with Gasteiger partial charge in [0.1, 0.15) is 24.0 Å². The van der Waals surface area contributed by atoms with Gasteiger partial charge in [-0.15, -0.1) is 0 Å². The Morgan fingerprint density at radius 3 is 2.54 bits per heavy atom. The standard InChI is InChI=1S/C26H33NO7S/c1-7-35-11-10-34-26(30)21-15(3)27-18-12-14(2)20(25(29)33-6)24(28)23(18)22(21)17-9-8-16(31-4)13-19(17)32-5/h8-9,13-14,20,22,27H,7,10-12H2,1-6H3/t14-,20+,22-/m1/s1. The molecular formula is C26H33NO7S. The molecule has 8 nitrogen and oxygen atoms in total. The van der Waals surface area contributed by atoms with Crippen molar-refractivity contribution in [1.29, 1.82) is 0 Å². The smallest absolute Gasteiger partial charge is 0.336 e. The molecule has 1 heterocycles. The molecule has 0 saturated carbocycles. The SMILES string of the molecule is CCSCCOC(=O)C1=C(C)NC2=C(C(=O)[C@@H](C(=O)OC)[C@H](C)C2)[C@@H]1c1ccc(OC)cc1OC. The lowest BCUT2D eigenvalue weighted by Crippen LogP contribution is -2.43. The molecule has 2 aliphatic rings. The lowest BCUT2D eigenvalue weighted by molar-refractivity contribution is -0.151. The average molecular weight is 504 g/mol. The molecule has 1 N–H and O–H groups in total. The zero-order valence-electron chi connectivity index (χ0n) is 21.1. The second-order valence-electron chi connectivity index (χ2n) is 8.48. The summed E-state index contributed by atoms with van der Waals surface area (Å²) in [5.74, 6) is -0.807. The molecule has 1 aliphatic heterocycles. The summed E-state index contributed by atoms with van der Waals surface area (Å²) in [5.41, 5.74) is 2.60. The first-order valence-corrected chi connectivity index (χ1v) is 12.7. The molecule has 0 unspecified atom stereocenters. The molecule has 0 radical (unpaired) electrons. The molecule has 0 spiro atoms. The van der Waals surface area contributed by atoms with Crippen LogP contribution in [0.3, 0.4) is 0 Å². The normalized spacial score (nSPS) is 21.8. The van der Waals surface area contributed by atoms with Crippen LogP contribution in [0, 0.1) is 11.8 Å². The Labute approximate surface area is 210 Å². The van der Waals surface area contributed by atoms with Gasteiger partial charge in [-0.2, -0.15) is 11.8 Å². The van der Waals surface area contributed by atoms with Gasteiger partial charge in [0.05, 0.1) is 32.8 Å². The van der Waals surface area contributed by atoms with Crippen molar-refractivity contribution >= 4 is 29.5 Å². The fraction of sp³-hybridized carbons (Fsp3) is 0.500. The number of Topliss-reactive ketones (excluding diaryl/α,β-unsaturated/α-hetero) is 1. The van der Waals surface area contributed by atoms with Gasteiger partial charge in [-0.1, -0.05) is 19.9 Å². The van der Waals surface area contributed by atoms with Gasteiger partial charge in [-0.3, -0.25) is 9.59 Å². The van der Waals surface area contributed by atoms with Crippen LogP contribution < -0.4 is 14.8 Å². The maximum atomic E-state index is 13.8. The summed E-state index contributed by atoms with van der Waals surface area (Å²) in [6.07, 6.45) is 0.461. The molecule has 9 heteroatoms. The highest BCUT2D eigenvalue weighted by atomic mass is 32.2. The van der Waals surface area contributed by atoms with Gasteiger partial charge < -0.3 is 24.3 Å². The number of thioether (sulfide) groups is 1. The number of allylic oxidation sites excluding steroid dienone is 3. The summed E-state index contributed by atoms with van der Waals surface area (Å²) >= 11 is 1.67. The third-order valence-corrected chi connectivity index (χ3v) is 7.24. The van der Waals surface area contributed by atoms with Crippen molar-refractivity contribution in [2.45, 2.75) is 33.1 Å². The Kier molecular flexibility index (Phi) is 8.88. The van der Waals surface area contributed by atoms with Gasteiger partial charge in [-0.05, 0) is 31.1 Å². The molecule has 1 aliphatic carbocycles. The fourth-order valence-corrected chi connectivity index (χ4v) is 5.22. The summed E-state index contributed by atoms with van der Waals surface area (Å²) in [6.45, 7) is 5.94. The van der Waals surface area contributed by atoms with E-state index in [1.807, 2.05) is 13.8 Å². The quantitative estimate of drug-likeness (QED) is 0.308. The number of ketones is 1. The van der Waals surface area contributed by atoms with Crippen LogP contribution in [0.1, 0.15) is 38.7 Å². The molecule has 0 bridgehead atoms. The van der Waals surface area contributed by atoms with E-state index < -0.39 is 23.8 Å². The van der Waals surface area contributed by atoms with Crippen molar-refractivity contribution in [3.63, 3.8) is 0 Å². The molecule has 0 amide bonds. The fourth-order valence-electron chi connectivity index (χ4n) is 4.73. The second kappa shape index (κ2) is 11.7. The van der Waals surface area contributed by atoms with E-state index in [1.54, 1.807) is 44.0 Å². The largest absolute Gasteiger partial charge is 0.497 e. The monoisotopic (exact) mass is 503 g/mol. The minimum Gasteiger partial charge on any atom is -0.497 e. The van der Waals surface area contributed by atoms with Crippen LogP contribution in [0.2, 0.25) is 0 Å². The zero-order valence-corrected chi connectivity index (χ0v) is 21.9. The number of nitrogens with one attached hydrogen (secondary N) is 1. The lowest BCUT2D eigenvalue weighted by Gasteiger charge is -2.38. The van der Waals surface area contributed by atoms with Crippen LogP contribution in [-0.4, -0.2) is 57.2 Å². The number of benzene rings is 1. The van der Waals surface area contributed by atoms with Crippen LogP contribution in [-0.2, 0) is 23.9 Å². The van der Waals surface area contributed by atoms with Crippen molar-refractivity contribution in [1.82, 2.24) is 5.32 Å². The summed E-state index contributed by atoms with van der Waals surface area (Å²) < 4.78 is 21.5. The number of esters is 2. The van der Waals surface area contributed by atoms with E-state index in [2.05, 4.69) is 5.32 Å². The second-order valence-corrected chi connectivity index (χ2v) is 9.87. The molecule has 190 valence electrons. The van der Waals surface area contributed by atoms with Crippen molar-refractivity contribution in [3.05, 3.63) is 46.3 Å². The van der Waals surface area contributed by atoms with Crippen LogP contribution in [0.5, 0.6) is 11.5 Å². The molecule has 3 rings (SSSR count). The Bertz CT molecular complexity index is 1060. The number of hydrogen-bond donors (Lipinski definition) is 1. The van der Waals surface area contributed by atoms with Gasteiger partial charge in [0, 0.05) is 34.3 Å². The molecular weight excluding hydrogens is 470 g/mol. The highest BCUT2D eigenvalue weighted by molar-refractivity contribution is 7.99. The van der Waals surface area contributed by atoms with Crippen LogP contribution in [0.4, 0.5) is 0 Å². The number of rotatable bonds is 9. The third-order valence-electron chi connectivity index (χ3n) is 6.38. The summed E-state index contributed by atoms with van der Waals surface area (Å²) in [6, 6.07) is 5.25. The lowest BCUT2D eigenvalue weighted by atomic mass is 9.69. The van der Waals surface area contributed by atoms with Gasteiger partial charge in [0.15, 0.2) is 5.78 Å². The summed E-state index contributed by atoms with van der Waals surface area (Å²) in [7, 11) is 4.34. The highest BCUT2D eigenvalue weighted by Crippen LogP contribution is 2.48. The van der Waals surface area contributed by atoms with Gasteiger partial charge in [0.2, 0.25) is 0 Å². The average Bonchev–Trinajstić information content (AvgIpc) is 2.84. The molecule has 0 aromatic heterocycles. The Morgan fingerprint density at radius 1 is 1.17 bits per heavy atom. The van der Waals surface area contributed by atoms with Crippen molar-refractivity contribution in [2.24, 2.45) is 11.8 Å². The van der Waals surface area contributed by atoms with Crippen LogP contribution >= 0.6 is 11.8 Å². The maximum absolute atomic E-state index is 13.8. The zero-order chi connectivity index (χ0) is 25.7. The van der Waals surface area contributed by atoms with Gasteiger partial charge in [-0.25, -0.2) is 4.79 Å². The molecule has 0 fully saturated rings. The van der Waals surface area contributed by atoms with E-state index in [0.717, 1.165) is 5.75 Å². The number of carbonyl (C=O) groups is 3. The Balaban J connectivity index is 2.15. The van der Waals surface area contributed by atoms with E-state index >= 15 is 0 Å². The maximum Gasteiger partial charge on any atom is 0.336 e. The Hall–Kier alpha value is -2.94. The summed E-state index contributed by atoms with van der Waals surface area (Å²) in [4.78, 5) is 39.7. The topological polar surface area (TPSA) is 100 Å². The van der Waals surface area contributed by atoms with E-state index in [9.17, 15) is 14.4 Å². The number of carbonyl (C=O) groups excluding carboxylic acids is 3. The minimum atomic E-state index is -0.955. The van der Waals surface area contributed by atoms with Crippen molar-refractivity contribution in [3.8, 4) is 11.5 Å². The predicted molar refractivity (Wildman–Crippen MR) is 133 cm³/mol. The van der Waals surface area contributed by atoms with Crippen LogP contribution in [0.25, 0.3) is 0 Å². The van der Waals surface area contributed by atoms with E-state index in [4.69, 9.17) is 18.9 Å². The highest BCUT2D eigenvalue weighted by Gasteiger charge is 2.47. The van der Waals surface area contributed by atoms with E-state index in [0.29, 0.717) is 51.8 Å². The first kappa shape index (κ1) is 26.7. The third kappa shape index (κ3) is 5.34. The summed E-state index contributed by atoms with van der Waals surface area (Å²) in [5, 5.41) is 3.26. The van der Waals surface area contributed by atoms with Crippen molar-refractivity contribution in [2.75, 3.05) is 39.4 Å². The van der Waals surface area contributed by atoms with Gasteiger partial charge >= 0.3 is 11.9 Å². The predicted octanol–water partition coefficient (Wildman–Crippen LogP) is 3.61. The van der Waals surface area contributed by atoms with E-state index in [-0.39, 0.29) is 18.3 Å². The molecule has 1 aromatic rings. The number of ether oxygens (including phenoxy) is 4. The van der Waals surface area contributed by atoms with Gasteiger partial charge in [0.25, 0.3) is 0 Å².